The third kappa shape index (κ3) is 2.21. The van der Waals surface area contributed by atoms with Gasteiger partial charge >= 0.3 is 0 Å². The summed E-state index contributed by atoms with van der Waals surface area (Å²) in [6.45, 7) is 3.86. The van der Waals surface area contributed by atoms with Gasteiger partial charge < -0.3 is 10.2 Å². The lowest BCUT2D eigenvalue weighted by molar-refractivity contribution is 0.375. The van der Waals surface area contributed by atoms with Crippen molar-refractivity contribution in [3.05, 3.63) is 29.3 Å². The minimum Gasteiger partial charge on any atom is -0.371 e. The van der Waals surface area contributed by atoms with E-state index >= 15 is 0 Å². The highest BCUT2D eigenvalue weighted by molar-refractivity contribution is 5.58. The number of piperidine rings is 1. The topological polar surface area (TPSA) is 15.3 Å². The molecule has 18 heavy (non-hydrogen) atoms. The van der Waals surface area contributed by atoms with Crippen LogP contribution in [0.4, 0.5) is 14.5 Å². The molecule has 0 saturated carbocycles. The maximum Gasteiger partial charge on any atom is 0.131 e. The molecule has 0 unspecified atom stereocenters. The van der Waals surface area contributed by atoms with Crippen LogP contribution < -0.4 is 10.2 Å². The van der Waals surface area contributed by atoms with Crippen LogP contribution in [0.1, 0.15) is 18.4 Å². The third-order valence-corrected chi connectivity index (χ3v) is 4.05. The molecule has 1 aromatic carbocycles. The molecule has 1 aromatic rings. The second kappa shape index (κ2) is 4.84. The quantitative estimate of drug-likeness (QED) is 0.869. The Morgan fingerprint density at radius 1 is 1.22 bits per heavy atom. The first kappa shape index (κ1) is 11.9. The Bertz CT molecular complexity index is 442. The Morgan fingerprint density at radius 2 is 2.00 bits per heavy atom. The van der Waals surface area contributed by atoms with E-state index in [-0.39, 0.29) is 0 Å². The van der Waals surface area contributed by atoms with Gasteiger partial charge in [0.25, 0.3) is 0 Å². The molecule has 2 heterocycles. The first-order valence-corrected chi connectivity index (χ1v) is 6.67. The van der Waals surface area contributed by atoms with Crippen LogP contribution >= 0.6 is 0 Å². The van der Waals surface area contributed by atoms with E-state index in [0.29, 0.717) is 17.9 Å². The third-order valence-electron chi connectivity index (χ3n) is 4.05. The van der Waals surface area contributed by atoms with Crippen molar-refractivity contribution < 1.29 is 8.78 Å². The highest BCUT2D eigenvalue weighted by Gasteiger charge is 2.26. The van der Waals surface area contributed by atoms with Gasteiger partial charge in [0.05, 0.1) is 0 Å². The van der Waals surface area contributed by atoms with Crippen molar-refractivity contribution in [2.45, 2.75) is 19.3 Å². The molecule has 1 fully saturated rings. The van der Waals surface area contributed by atoms with E-state index in [9.17, 15) is 8.78 Å². The van der Waals surface area contributed by atoms with E-state index in [1.807, 2.05) is 0 Å². The number of hydrogen-bond donors (Lipinski definition) is 1. The van der Waals surface area contributed by atoms with Crippen LogP contribution in [0.3, 0.4) is 0 Å². The van der Waals surface area contributed by atoms with Crippen molar-refractivity contribution in [3.8, 4) is 0 Å². The SMILES string of the molecule is Fc1cc(F)c2c(c1)N(CC1CCNCC1)CC2. The Balaban J connectivity index is 1.77. The fraction of sp³-hybridized carbons (Fsp3) is 0.571. The number of benzene rings is 1. The monoisotopic (exact) mass is 252 g/mol. The van der Waals surface area contributed by atoms with Crippen LogP contribution in [0, 0.1) is 17.6 Å². The molecular formula is C14H18F2N2. The smallest absolute Gasteiger partial charge is 0.131 e. The second-order valence-electron chi connectivity index (χ2n) is 5.27. The largest absolute Gasteiger partial charge is 0.371 e. The Morgan fingerprint density at radius 3 is 2.78 bits per heavy atom. The van der Waals surface area contributed by atoms with E-state index in [2.05, 4.69) is 10.2 Å². The van der Waals surface area contributed by atoms with Crippen molar-refractivity contribution in [2.24, 2.45) is 5.92 Å². The Labute approximate surface area is 106 Å². The molecule has 0 aliphatic carbocycles. The Hall–Kier alpha value is -1.16. The van der Waals surface area contributed by atoms with Crippen molar-refractivity contribution in [3.63, 3.8) is 0 Å². The van der Waals surface area contributed by atoms with Gasteiger partial charge in [-0.15, -0.1) is 0 Å². The highest BCUT2D eigenvalue weighted by Crippen LogP contribution is 2.32. The van der Waals surface area contributed by atoms with Gasteiger partial charge in [-0.25, -0.2) is 8.78 Å². The maximum absolute atomic E-state index is 13.6. The van der Waals surface area contributed by atoms with Crippen LogP contribution in [-0.2, 0) is 6.42 Å². The maximum atomic E-state index is 13.6. The molecule has 0 spiro atoms. The van der Waals surface area contributed by atoms with E-state index in [0.717, 1.165) is 50.8 Å². The minimum atomic E-state index is -0.469. The summed E-state index contributed by atoms with van der Waals surface area (Å²) in [6, 6.07) is 2.47. The number of nitrogens with zero attached hydrogens (tertiary/aromatic N) is 1. The standard InChI is InChI=1S/C14H18F2N2/c15-11-7-13(16)12-3-6-18(14(12)8-11)9-10-1-4-17-5-2-10/h7-8,10,17H,1-6,9H2. The molecule has 2 aliphatic heterocycles. The summed E-state index contributed by atoms with van der Waals surface area (Å²) in [4.78, 5) is 2.15. The van der Waals surface area contributed by atoms with E-state index < -0.39 is 11.6 Å². The first-order valence-electron chi connectivity index (χ1n) is 6.67. The van der Waals surface area contributed by atoms with Gasteiger partial charge in [-0.1, -0.05) is 0 Å². The van der Waals surface area contributed by atoms with Gasteiger partial charge in [-0.05, 0) is 44.3 Å². The van der Waals surface area contributed by atoms with Gasteiger partial charge in [0.1, 0.15) is 11.6 Å². The van der Waals surface area contributed by atoms with Crippen molar-refractivity contribution in [1.82, 2.24) is 5.32 Å². The van der Waals surface area contributed by atoms with Gasteiger partial charge in [-0.2, -0.15) is 0 Å². The molecule has 1 saturated heterocycles. The lowest BCUT2D eigenvalue weighted by Gasteiger charge is -2.29. The summed E-state index contributed by atoms with van der Waals surface area (Å²) in [6.07, 6.45) is 3.01. The van der Waals surface area contributed by atoms with Gasteiger partial charge in [0.15, 0.2) is 0 Å². The predicted octanol–water partition coefficient (Wildman–Crippen LogP) is 2.33. The lowest BCUT2D eigenvalue weighted by atomic mass is 9.97. The zero-order valence-corrected chi connectivity index (χ0v) is 10.4. The number of hydrogen-bond acceptors (Lipinski definition) is 2. The Kier molecular flexibility index (Phi) is 3.20. The zero-order valence-electron chi connectivity index (χ0n) is 10.4. The molecule has 0 amide bonds. The molecule has 2 aliphatic rings. The molecule has 98 valence electrons. The molecule has 0 atom stereocenters. The molecule has 2 nitrogen and oxygen atoms in total. The number of fused-ring (bicyclic) bond motifs is 1. The summed E-state index contributed by atoms with van der Waals surface area (Å²) >= 11 is 0. The summed E-state index contributed by atoms with van der Waals surface area (Å²) in [5, 5.41) is 3.34. The predicted molar refractivity (Wildman–Crippen MR) is 67.9 cm³/mol. The first-order chi connectivity index (χ1) is 8.74. The summed E-state index contributed by atoms with van der Waals surface area (Å²) in [5.41, 5.74) is 1.45. The lowest BCUT2D eigenvalue weighted by Crippen LogP contribution is -2.35. The van der Waals surface area contributed by atoms with Crippen LogP contribution in [0.5, 0.6) is 0 Å². The molecule has 0 aromatic heterocycles. The minimum absolute atomic E-state index is 0.391. The van der Waals surface area contributed by atoms with Crippen LogP contribution in [-0.4, -0.2) is 26.2 Å². The average molecular weight is 252 g/mol. The number of nitrogens with one attached hydrogen (secondary N) is 1. The van der Waals surface area contributed by atoms with Crippen LogP contribution in [0.15, 0.2) is 12.1 Å². The molecule has 0 radical (unpaired) electrons. The number of halogens is 2. The van der Waals surface area contributed by atoms with E-state index in [1.165, 1.54) is 6.07 Å². The van der Waals surface area contributed by atoms with Crippen molar-refractivity contribution in [1.29, 1.82) is 0 Å². The molecular weight excluding hydrogens is 234 g/mol. The zero-order chi connectivity index (χ0) is 12.5. The van der Waals surface area contributed by atoms with Crippen LogP contribution in [0.25, 0.3) is 0 Å². The second-order valence-corrected chi connectivity index (χ2v) is 5.27. The summed E-state index contributed by atoms with van der Waals surface area (Å²) in [7, 11) is 0. The molecule has 4 heteroatoms. The van der Waals surface area contributed by atoms with Gasteiger partial charge in [-0.3, -0.25) is 0 Å². The van der Waals surface area contributed by atoms with Gasteiger partial charge in [0, 0.05) is 30.4 Å². The fourth-order valence-corrected chi connectivity index (χ4v) is 3.05. The molecule has 1 N–H and O–H groups in total. The summed E-state index contributed by atoms with van der Waals surface area (Å²) in [5.74, 6) is -0.218. The van der Waals surface area contributed by atoms with E-state index in [1.54, 1.807) is 0 Å². The number of anilines is 1. The molecule has 0 bridgehead atoms. The highest BCUT2D eigenvalue weighted by atomic mass is 19.1. The number of rotatable bonds is 2. The normalized spacial score (nSPS) is 20.2. The average Bonchev–Trinajstić information content (AvgIpc) is 2.74. The van der Waals surface area contributed by atoms with Crippen molar-refractivity contribution in [2.75, 3.05) is 31.1 Å². The summed E-state index contributed by atoms with van der Waals surface area (Å²) < 4.78 is 26.9. The van der Waals surface area contributed by atoms with Crippen LogP contribution in [0.2, 0.25) is 0 Å². The molecule has 3 rings (SSSR count). The van der Waals surface area contributed by atoms with E-state index in [4.69, 9.17) is 0 Å². The van der Waals surface area contributed by atoms with Gasteiger partial charge in [0.2, 0.25) is 0 Å². The van der Waals surface area contributed by atoms with Crippen molar-refractivity contribution >= 4 is 5.69 Å². The fourth-order valence-electron chi connectivity index (χ4n) is 3.05.